The Morgan fingerprint density at radius 1 is 1.57 bits per heavy atom. The third-order valence-electron chi connectivity index (χ3n) is 2.20. The molecule has 2 aliphatic carbocycles. The van der Waals surface area contributed by atoms with E-state index in [9.17, 15) is 0 Å². The van der Waals surface area contributed by atoms with Gasteiger partial charge in [-0.3, -0.25) is 0 Å². The highest BCUT2D eigenvalue weighted by molar-refractivity contribution is 5.37. The van der Waals surface area contributed by atoms with Crippen LogP contribution in [0.2, 0.25) is 0 Å². The van der Waals surface area contributed by atoms with Gasteiger partial charge in [-0.1, -0.05) is 5.57 Å². The van der Waals surface area contributed by atoms with Gasteiger partial charge < -0.3 is 5.73 Å². The quantitative estimate of drug-likeness (QED) is 0.474. The van der Waals surface area contributed by atoms with E-state index in [-0.39, 0.29) is 0 Å². The van der Waals surface area contributed by atoms with Crippen LogP contribution < -0.4 is 5.73 Å². The topological polar surface area (TPSA) is 26.0 Å². The van der Waals surface area contributed by atoms with Crippen molar-refractivity contribution in [3.05, 3.63) is 11.3 Å². The molecular formula is C6H9N. The predicted molar refractivity (Wildman–Crippen MR) is 28.5 cm³/mol. The van der Waals surface area contributed by atoms with Gasteiger partial charge >= 0.3 is 0 Å². The average Bonchev–Trinajstić information content (AvgIpc) is 2.39. The Morgan fingerprint density at radius 2 is 2.29 bits per heavy atom. The zero-order valence-corrected chi connectivity index (χ0v) is 4.44. The van der Waals surface area contributed by atoms with E-state index in [2.05, 4.69) is 6.92 Å². The lowest BCUT2D eigenvalue weighted by Crippen LogP contribution is -2.13. The highest BCUT2D eigenvalue weighted by atomic mass is 14.7. The summed E-state index contributed by atoms with van der Waals surface area (Å²) in [7, 11) is 0. The highest BCUT2D eigenvalue weighted by Gasteiger charge is 2.49. The van der Waals surface area contributed by atoms with Gasteiger partial charge in [0.15, 0.2) is 0 Å². The van der Waals surface area contributed by atoms with Crippen molar-refractivity contribution in [1.29, 1.82) is 0 Å². The zero-order valence-electron chi connectivity index (χ0n) is 4.44. The first-order valence-corrected chi connectivity index (χ1v) is 2.77. The molecule has 38 valence electrons. The largest absolute Gasteiger partial charge is 0.402 e. The van der Waals surface area contributed by atoms with Crippen molar-refractivity contribution in [2.45, 2.75) is 13.3 Å². The van der Waals surface area contributed by atoms with Gasteiger partial charge in [0.05, 0.1) is 0 Å². The smallest absolute Gasteiger partial charge is 0.0110 e. The van der Waals surface area contributed by atoms with Gasteiger partial charge in [-0.2, -0.15) is 0 Å². The fourth-order valence-corrected chi connectivity index (χ4v) is 1.43. The van der Waals surface area contributed by atoms with E-state index in [1.807, 2.05) is 0 Å². The van der Waals surface area contributed by atoms with Gasteiger partial charge in [-0.15, -0.1) is 0 Å². The second-order valence-corrected chi connectivity index (χ2v) is 2.59. The number of hydrogen-bond donors (Lipinski definition) is 1. The summed E-state index contributed by atoms with van der Waals surface area (Å²) in [5.41, 5.74) is 8.23. The fourth-order valence-electron chi connectivity index (χ4n) is 1.43. The van der Waals surface area contributed by atoms with Gasteiger partial charge in [-0.25, -0.2) is 0 Å². The molecule has 0 heterocycles. The van der Waals surface area contributed by atoms with Gasteiger partial charge in [0.2, 0.25) is 0 Å². The molecule has 2 N–H and O–H groups in total. The van der Waals surface area contributed by atoms with Crippen LogP contribution in [0.25, 0.3) is 0 Å². The summed E-state index contributed by atoms with van der Waals surface area (Å²) in [6, 6.07) is 0. The Balaban J connectivity index is 2.37. The van der Waals surface area contributed by atoms with Crippen molar-refractivity contribution in [3.63, 3.8) is 0 Å². The maximum atomic E-state index is 5.59. The van der Waals surface area contributed by atoms with Crippen molar-refractivity contribution in [3.8, 4) is 0 Å². The van der Waals surface area contributed by atoms with Crippen LogP contribution in [0.4, 0.5) is 0 Å². The summed E-state index contributed by atoms with van der Waals surface area (Å²) in [6.07, 6.45) is 1.36. The SMILES string of the molecule is CC1=C(N)C2CC12. The van der Waals surface area contributed by atoms with Crippen LogP contribution in [0, 0.1) is 11.8 Å². The molecule has 0 aromatic carbocycles. The van der Waals surface area contributed by atoms with E-state index in [0.717, 1.165) is 11.8 Å². The van der Waals surface area contributed by atoms with Crippen molar-refractivity contribution in [1.82, 2.24) is 0 Å². The molecule has 7 heavy (non-hydrogen) atoms. The summed E-state index contributed by atoms with van der Waals surface area (Å²) in [4.78, 5) is 0. The number of fused-ring (bicyclic) bond motifs is 1. The molecule has 0 radical (unpaired) electrons. The normalized spacial score (nSPS) is 45.3. The number of rotatable bonds is 0. The molecule has 0 saturated heterocycles. The summed E-state index contributed by atoms with van der Waals surface area (Å²) < 4.78 is 0. The lowest BCUT2D eigenvalue weighted by molar-refractivity contribution is 0.744. The minimum Gasteiger partial charge on any atom is -0.402 e. The molecule has 0 aliphatic heterocycles. The van der Waals surface area contributed by atoms with Crippen molar-refractivity contribution < 1.29 is 0 Å². The number of hydrogen-bond acceptors (Lipinski definition) is 1. The lowest BCUT2D eigenvalue weighted by Gasteiger charge is -2.13. The lowest BCUT2D eigenvalue weighted by atomic mass is 9.97. The van der Waals surface area contributed by atoms with E-state index < -0.39 is 0 Å². The van der Waals surface area contributed by atoms with Gasteiger partial charge in [-0.05, 0) is 19.3 Å². The van der Waals surface area contributed by atoms with E-state index in [4.69, 9.17) is 5.73 Å². The van der Waals surface area contributed by atoms with Crippen molar-refractivity contribution in [2.24, 2.45) is 17.6 Å². The third kappa shape index (κ3) is 0.226. The predicted octanol–water partition coefficient (Wildman–Crippen LogP) is 0.869. The first-order valence-electron chi connectivity index (χ1n) is 2.77. The first-order chi connectivity index (χ1) is 3.30. The van der Waals surface area contributed by atoms with E-state index in [1.165, 1.54) is 17.7 Å². The Kier molecular flexibility index (Phi) is 0.366. The average molecular weight is 95.1 g/mol. The Bertz CT molecular complexity index is 130. The van der Waals surface area contributed by atoms with Crippen LogP contribution in [-0.2, 0) is 0 Å². The molecule has 0 amide bonds. The molecule has 1 nitrogen and oxygen atoms in total. The second-order valence-electron chi connectivity index (χ2n) is 2.59. The Hall–Kier alpha value is -0.460. The van der Waals surface area contributed by atoms with Crippen LogP contribution in [0.5, 0.6) is 0 Å². The third-order valence-corrected chi connectivity index (χ3v) is 2.20. The summed E-state index contributed by atoms with van der Waals surface area (Å²) in [6.45, 7) is 2.14. The molecule has 0 spiro atoms. The van der Waals surface area contributed by atoms with Gasteiger partial charge in [0.25, 0.3) is 0 Å². The molecule has 0 bridgehead atoms. The first kappa shape index (κ1) is 3.53. The molecule has 2 aliphatic rings. The molecule has 2 unspecified atom stereocenters. The summed E-state index contributed by atoms with van der Waals surface area (Å²) in [5, 5.41) is 0. The molecule has 1 heteroatoms. The second kappa shape index (κ2) is 0.726. The van der Waals surface area contributed by atoms with Crippen LogP contribution >= 0.6 is 0 Å². The molecule has 2 atom stereocenters. The monoisotopic (exact) mass is 95.1 g/mol. The zero-order chi connectivity index (χ0) is 5.02. The van der Waals surface area contributed by atoms with Crippen LogP contribution in [-0.4, -0.2) is 0 Å². The number of nitrogens with two attached hydrogens (primary N) is 1. The van der Waals surface area contributed by atoms with Crippen LogP contribution in [0.1, 0.15) is 13.3 Å². The highest BCUT2D eigenvalue weighted by Crippen LogP contribution is 2.57. The van der Waals surface area contributed by atoms with Crippen molar-refractivity contribution >= 4 is 0 Å². The van der Waals surface area contributed by atoms with Crippen LogP contribution in [0.3, 0.4) is 0 Å². The number of allylic oxidation sites excluding steroid dienone is 2. The Labute approximate surface area is 43.2 Å². The van der Waals surface area contributed by atoms with Gasteiger partial charge in [0, 0.05) is 11.6 Å². The van der Waals surface area contributed by atoms with E-state index in [0.29, 0.717) is 0 Å². The maximum absolute atomic E-state index is 5.59. The molecular weight excluding hydrogens is 86.1 g/mol. The summed E-state index contributed by atoms with van der Waals surface area (Å²) in [5.74, 6) is 1.76. The minimum absolute atomic E-state index is 0.833. The fraction of sp³-hybridized carbons (Fsp3) is 0.667. The molecule has 2 rings (SSSR count). The molecule has 1 fully saturated rings. The standard InChI is InChI=1S/C6H9N/c1-3-4-2-5(4)6(3)7/h4-5H,2,7H2,1H3. The van der Waals surface area contributed by atoms with Crippen LogP contribution in [0.15, 0.2) is 11.3 Å². The molecule has 0 aromatic heterocycles. The molecule has 0 aromatic rings. The Morgan fingerprint density at radius 3 is 2.43 bits per heavy atom. The maximum Gasteiger partial charge on any atom is 0.0110 e. The molecule has 1 saturated carbocycles. The van der Waals surface area contributed by atoms with E-state index in [1.54, 1.807) is 0 Å². The minimum atomic E-state index is 0.833. The van der Waals surface area contributed by atoms with Gasteiger partial charge in [0.1, 0.15) is 0 Å². The van der Waals surface area contributed by atoms with Crippen molar-refractivity contribution in [2.75, 3.05) is 0 Å². The van der Waals surface area contributed by atoms with E-state index >= 15 is 0 Å². The summed E-state index contributed by atoms with van der Waals surface area (Å²) >= 11 is 0.